The molecule has 21 heavy (non-hydrogen) atoms. The maximum absolute atomic E-state index is 5.83. The Balaban J connectivity index is 1.76. The first kappa shape index (κ1) is 13.8. The van der Waals surface area contributed by atoms with Gasteiger partial charge in [-0.05, 0) is 26.2 Å². The van der Waals surface area contributed by atoms with Crippen molar-refractivity contribution in [1.82, 2.24) is 20.1 Å². The van der Waals surface area contributed by atoms with Crippen molar-refractivity contribution in [3.05, 3.63) is 23.5 Å². The van der Waals surface area contributed by atoms with Crippen LogP contribution in [0.4, 0.5) is 11.8 Å². The Hall–Kier alpha value is -2.18. The second kappa shape index (κ2) is 5.67. The Morgan fingerprint density at radius 2 is 2.10 bits per heavy atom. The van der Waals surface area contributed by atoms with E-state index in [9.17, 15) is 0 Å². The van der Waals surface area contributed by atoms with Crippen LogP contribution in [0.15, 0.2) is 10.9 Å². The Kier molecular flexibility index (Phi) is 3.72. The molecule has 2 aromatic rings. The molecule has 0 spiro atoms. The van der Waals surface area contributed by atoms with Crippen LogP contribution in [0.5, 0.6) is 0 Å². The van der Waals surface area contributed by atoms with E-state index < -0.39 is 0 Å². The number of rotatable bonds is 3. The summed E-state index contributed by atoms with van der Waals surface area (Å²) < 4.78 is 4.83. The van der Waals surface area contributed by atoms with E-state index in [1.165, 1.54) is 6.39 Å². The van der Waals surface area contributed by atoms with Crippen molar-refractivity contribution in [3.8, 4) is 0 Å². The van der Waals surface area contributed by atoms with Crippen LogP contribution in [0.25, 0.3) is 0 Å². The van der Waals surface area contributed by atoms with Gasteiger partial charge in [-0.1, -0.05) is 12.1 Å². The van der Waals surface area contributed by atoms with E-state index in [1.54, 1.807) is 0 Å². The van der Waals surface area contributed by atoms with Gasteiger partial charge in [0, 0.05) is 24.6 Å². The molecule has 3 heterocycles. The highest BCUT2D eigenvalue weighted by molar-refractivity contribution is 5.51. The van der Waals surface area contributed by atoms with Crippen LogP contribution in [0.1, 0.15) is 42.8 Å². The summed E-state index contributed by atoms with van der Waals surface area (Å²) in [7, 11) is 0. The number of nitrogen functional groups attached to an aromatic ring is 1. The molecule has 7 heteroatoms. The molecule has 0 radical (unpaired) electrons. The van der Waals surface area contributed by atoms with Crippen LogP contribution in [-0.2, 0) is 6.42 Å². The molecule has 2 N–H and O–H groups in total. The third-order valence-corrected chi connectivity index (χ3v) is 4.11. The van der Waals surface area contributed by atoms with Crippen LogP contribution in [0.3, 0.4) is 0 Å². The Bertz CT molecular complexity index is 604. The van der Waals surface area contributed by atoms with Gasteiger partial charge in [0.15, 0.2) is 5.82 Å². The van der Waals surface area contributed by atoms with Crippen LogP contribution >= 0.6 is 0 Å². The zero-order chi connectivity index (χ0) is 14.8. The molecule has 0 saturated carbocycles. The summed E-state index contributed by atoms with van der Waals surface area (Å²) in [6.07, 6.45) is 4.24. The molecule has 0 bridgehead atoms. The van der Waals surface area contributed by atoms with Crippen molar-refractivity contribution in [2.45, 2.75) is 39.0 Å². The van der Waals surface area contributed by atoms with E-state index in [4.69, 9.17) is 10.3 Å². The number of anilines is 2. The van der Waals surface area contributed by atoms with E-state index in [0.717, 1.165) is 55.3 Å². The van der Waals surface area contributed by atoms with E-state index >= 15 is 0 Å². The van der Waals surface area contributed by atoms with Gasteiger partial charge in [-0.15, -0.1) is 0 Å². The van der Waals surface area contributed by atoms with E-state index in [-0.39, 0.29) is 0 Å². The maximum Gasteiger partial charge on any atom is 0.222 e. The number of hydrogen-bond acceptors (Lipinski definition) is 7. The maximum atomic E-state index is 5.83. The molecule has 112 valence electrons. The van der Waals surface area contributed by atoms with Gasteiger partial charge in [-0.3, -0.25) is 0 Å². The highest BCUT2D eigenvalue weighted by Crippen LogP contribution is 2.30. The summed E-state index contributed by atoms with van der Waals surface area (Å²) in [5.41, 5.74) is 7.99. The molecule has 0 aromatic carbocycles. The third-order valence-electron chi connectivity index (χ3n) is 4.11. The molecule has 3 rings (SSSR count). The minimum absolute atomic E-state index is 0.354. The van der Waals surface area contributed by atoms with Gasteiger partial charge in [0.05, 0.1) is 5.69 Å². The smallest absolute Gasteiger partial charge is 0.222 e. The number of aryl methyl sites for hydroxylation is 1. The minimum atomic E-state index is 0.354. The summed E-state index contributed by atoms with van der Waals surface area (Å²) in [6.45, 7) is 5.99. The zero-order valence-electron chi connectivity index (χ0n) is 12.4. The van der Waals surface area contributed by atoms with Crippen molar-refractivity contribution in [2.75, 3.05) is 23.7 Å². The van der Waals surface area contributed by atoms with Crippen molar-refractivity contribution in [1.29, 1.82) is 0 Å². The lowest BCUT2D eigenvalue weighted by Crippen LogP contribution is -2.34. The van der Waals surface area contributed by atoms with Crippen LogP contribution < -0.4 is 10.6 Å². The molecule has 1 aliphatic heterocycles. The molecular formula is C14H20N6O. The number of nitrogens with zero attached hydrogens (tertiary/aromatic N) is 5. The number of nitrogens with two attached hydrogens (primary N) is 1. The minimum Gasteiger partial charge on any atom is -0.368 e. The summed E-state index contributed by atoms with van der Waals surface area (Å²) in [6, 6.07) is 0. The molecule has 1 fully saturated rings. The number of hydrogen-bond donors (Lipinski definition) is 1. The van der Waals surface area contributed by atoms with Gasteiger partial charge in [0.25, 0.3) is 0 Å². The fourth-order valence-electron chi connectivity index (χ4n) is 2.93. The number of piperidine rings is 1. The van der Waals surface area contributed by atoms with Crippen molar-refractivity contribution in [3.63, 3.8) is 0 Å². The van der Waals surface area contributed by atoms with Gasteiger partial charge in [0.1, 0.15) is 5.82 Å². The number of aromatic nitrogens is 4. The molecule has 0 unspecified atom stereocenters. The Morgan fingerprint density at radius 1 is 1.33 bits per heavy atom. The standard InChI is InChI=1S/C14H20N6O/c1-3-11-9(2)13(18-14(15)17-11)20-6-4-10(5-7-20)12-16-8-21-19-12/h8,10H,3-7H2,1-2H3,(H2,15,17,18). The van der Waals surface area contributed by atoms with Crippen LogP contribution in [-0.4, -0.2) is 33.2 Å². The molecule has 1 saturated heterocycles. The van der Waals surface area contributed by atoms with E-state index in [0.29, 0.717) is 11.9 Å². The second-order valence-electron chi connectivity index (χ2n) is 5.38. The van der Waals surface area contributed by atoms with Gasteiger partial charge >= 0.3 is 0 Å². The highest BCUT2D eigenvalue weighted by Gasteiger charge is 2.25. The summed E-state index contributed by atoms with van der Waals surface area (Å²) in [5, 5.41) is 3.95. The first-order chi connectivity index (χ1) is 10.2. The van der Waals surface area contributed by atoms with Gasteiger partial charge in [-0.25, -0.2) is 4.98 Å². The van der Waals surface area contributed by atoms with Gasteiger partial charge in [-0.2, -0.15) is 9.97 Å². The van der Waals surface area contributed by atoms with Gasteiger partial charge in [0.2, 0.25) is 12.3 Å². The van der Waals surface area contributed by atoms with Gasteiger partial charge < -0.3 is 15.2 Å². The van der Waals surface area contributed by atoms with Crippen molar-refractivity contribution >= 4 is 11.8 Å². The second-order valence-corrected chi connectivity index (χ2v) is 5.38. The lowest BCUT2D eigenvalue weighted by molar-refractivity contribution is 0.392. The molecule has 0 atom stereocenters. The first-order valence-electron chi connectivity index (χ1n) is 7.33. The average Bonchev–Trinajstić information content (AvgIpc) is 3.04. The lowest BCUT2D eigenvalue weighted by Gasteiger charge is -2.32. The molecule has 7 nitrogen and oxygen atoms in total. The predicted molar refractivity (Wildman–Crippen MR) is 79.0 cm³/mol. The molecule has 0 aliphatic carbocycles. The quantitative estimate of drug-likeness (QED) is 0.918. The molecule has 2 aromatic heterocycles. The third kappa shape index (κ3) is 2.68. The highest BCUT2D eigenvalue weighted by atomic mass is 16.5. The van der Waals surface area contributed by atoms with E-state index in [2.05, 4.69) is 38.9 Å². The Labute approximate surface area is 123 Å². The first-order valence-corrected chi connectivity index (χ1v) is 7.33. The van der Waals surface area contributed by atoms with Crippen molar-refractivity contribution < 1.29 is 4.52 Å². The van der Waals surface area contributed by atoms with Crippen LogP contribution in [0, 0.1) is 6.92 Å². The largest absolute Gasteiger partial charge is 0.368 e. The van der Waals surface area contributed by atoms with E-state index in [1.807, 2.05) is 0 Å². The summed E-state index contributed by atoms with van der Waals surface area (Å²) >= 11 is 0. The predicted octanol–water partition coefficient (Wildman–Crippen LogP) is 1.70. The monoisotopic (exact) mass is 288 g/mol. The summed E-state index contributed by atoms with van der Waals surface area (Å²) in [5.74, 6) is 2.49. The Morgan fingerprint density at radius 3 is 2.71 bits per heavy atom. The fraction of sp³-hybridized carbons (Fsp3) is 0.571. The lowest BCUT2D eigenvalue weighted by atomic mass is 9.96. The normalized spacial score (nSPS) is 16.4. The zero-order valence-corrected chi connectivity index (χ0v) is 12.4. The average molecular weight is 288 g/mol. The molecule has 1 aliphatic rings. The molecular weight excluding hydrogens is 268 g/mol. The topological polar surface area (TPSA) is 94.0 Å². The fourth-order valence-corrected chi connectivity index (χ4v) is 2.93. The molecule has 0 amide bonds. The van der Waals surface area contributed by atoms with Crippen LogP contribution in [0.2, 0.25) is 0 Å². The van der Waals surface area contributed by atoms with Crippen molar-refractivity contribution in [2.24, 2.45) is 0 Å². The summed E-state index contributed by atoms with van der Waals surface area (Å²) in [4.78, 5) is 15.2. The SMILES string of the molecule is CCc1nc(N)nc(N2CCC(c3ncon3)CC2)c1C.